The molecule has 7 heteroatoms. The number of ether oxygens (including phenoxy) is 1. The Morgan fingerprint density at radius 3 is 3.00 bits per heavy atom. The van der Waals surface area contributed by atoms with Gasteiger partial charge in [0.25, 0.3) is 0 Å². The first-order chi connectivity index (χ1) is 11.5. The predicted molar refractivity (Wildman–Crippen MR) is 92.5 cm³/mol. The highest BCUT2D eigenvalue weighted by Crippen LogP contribution is 2.41. The first kappa shape index (κ1) is 16.6. The van der Waals surface area contributed by atoms with E-state index in [9.17, 15) is 4.79 Å². The number of nitrogens with zero attached hydrogens (tertiary/aromatic N) is 2. The molecule has 6 nitrogen and oxygen atoms in total. The summed E-state index contributed by atoms with van der Waals surface area (Å²) in [5.41, 5.74) is 2.90. The second-order valence-electron chi connectivity index (χ2n) is 6.03. The van der Waals surface area contributed by atoms with Crippen LogP contribution in [0.5, 0.6) is 5.88 Å². The fourth-order valence-corrected chi connectivity index (χ4v) is 3.19. The standard InChI is InChI=1S/C17H21ClN4O2/c1-10-14(16(24-3)22(2)21-10)9-19-17(23)20-15-8-13(15)11-5-4-6-12(18)7-11/h4-7,13,15H,8-9H2,1-3H3,(H2,19,20,23)/t13-,15-/m1/s1. The van der Waals surface area contributed by atoms with Crippen molar-refractivity contribution >= 4 is 17.6 Å². The van der Waals surface area contributed by atoms with Crippen LogP contribution in [0.15, 0.2) is 24.3 Å². The topological polar surface area (TPSA) is 68.2 Å². The molecule has 1 aliphatic rings. The number of urea groups is 1. The van der Waals surface area contributed by atoms with E-state index >= 15 is 0 Å². The van der Waals surface area contributed by atoms with E-state index in [1.165, 1.54) is 0 Å². The molecule has 1 aromatic heterocycles. The summed E-state index contributed by atoms with van der Waals surface area (Å²) >= 11 is 6.01. The van der Waals surface area contributed by atoms with Crippen LogP contribution in [0.2, 0.25) is 5.02 Å². The molecule has 1 heterocycles. The highest BCUT2D eigenvalue weighted by Gasteiger charge is 2.39. The molecule has 0 radical (unpaired) electrons. The smallest absolute Gasteiger partial charge is 0.315 e. The molecule has 0 bridgehead atoms. The van der Waals surface area contributed by atoms with E-state index in [0.717, 1.165) is 28.3 Å². The van der Waals surface area contributed by atoms with E-state index in [0.29, 0.717) is 18.3 Å². The number of methoxy groups -OCH3 is 1. The minimum absolute atomic E-state index is 0.153. The van der Waals surface area contributed by atoms with Crippen LogP contribution in [0.1, 0.15) is 29.2 Å². The summed E-state index contributed by atoms with van der Waals surface area (Å²) in [6.07, 6.45) is 0.934. The number of aryl methyl sites for hydroxylation is 2. The number of nitrogens with one attached hydrogen (secondary N) is 2. The molecule has 0 spiro atoms. The monoisotopic (exact) mass is 348 g/mol. The van der Waals surface area contributed by atoms with Gasteiger partial charge in [-0.15, -0.1) is 0 Å². The van der Waals surface area contributed by atoms with Crippen LogP contribution in [0.4, 0.5) is 4.79 Å². The zero-order valence-electron chi connectivity index (χ0n) is 14.0. The zero-order valence-corrected chi connectivity index (χ0v) is 14.7. The van der Waals surface area contributed by atoms with Gasteiger partial charge in [0.15, 0.2) is 0 Å². The summed E-state index contributed by atoms with van der Waals surface area (Å²) in [7, 11) is 3.41. The van der Waals surface area contributed by atoms with E-state index in [-0.39, 0.29) is 12.1 Å². The number of halogens is 1. The number of aromatic nitrogens is 2. The van der Waals surface area contributed by atoms with Gasteiger partial charge in [-0.1, -0.05) is 23.7 Å². The molecule has 1 aliphatic carbocycles. The lowest BCUT2D eigenvalue weighted by Gasteiger charge is -2.09. The molecule has 1 aromatic carbocycles. The third-order valence-corrected chi connectivity index (χ3v) is 4.53. The summed E-state index contributed by atoms with van der Waals surface area (Å²) in [5, 5.41) is 10.9. The molecule has 24 heavy (non-hydrogen) atoms. The highest BCUT2D eigenvalue weighted by molar-refractivity contribution is 6.30. The Bertz CT molecular complexity index is 759. The summed E-state index contributed by atoms with van der Waals surface area (Å²) in [6, 6.07) is 7.75. The molecule has 128 valence electrons. The molecule has 3 rings (SSSR count). The third-order valence-electron chi connectivity index (χ3n) is 4.29. The third kappa shape index (κ3) is 3.48. The number of hydrogen-bond acceptors (Lipinski definition) is 3. The lowest BCUT2D eigenvalue weighted by atomic mass is 10.1. The van der Waals surface area contributed by atoms with Gasteiger partial charge in [0.2, 0.25) is 5.88 Å². The molecule has 1 saturated carbocycles. The summed E-state index contributed by atoms with van der Waals surface area (Å²) < 4.78 is 6.99. The molecule has 2 aromatic rings. The van der Waals surface area contributed by atoms with Gasteiger partial charge in [0.1, 0.15) is 0 Å². The van der Waals surface area contributed by atoms with Crippen LogP contribution in [-0.2, 0) is 13.6 Å². The van der Waals surface area contributed by atoms with Crippen molar-refractivity contribution in [3.63, 3.8) is 0 Å². The Balaban J connectivity index is 1.53. The largest absolute Gasteiger partial charge is 0.481 e. The van der Waals surface area contributed by atoms with E-state index in [4.69, 9.17) is 16.3 Å². The predicted octanol–water partition coefficient (Wildman–Crippen LogP) is 2.75. The van der Waals surface area contributed by atoms with Gasteiger partial charge in [-0.2, -0.15) is 5.10 Å². The van der Waals surface area contributed by atoms with E-state index in [1.807, 2.05) is 38.2 Å². The summed E-state index contributed by atoms with van der Waals surface area (Å²) in [5.74, 6) is 1.00. The van der Waals surface area contributed by atoms with Gasteiger partial charge >= 0.3 is 6.03 Å². The summed E-state index contributed by atoms with van der Waals surface area (Å²) in [4.78, 5) is 12.1. The molecule has 2 N–H and O–H groups in total. The minimum atomic E-state index is -0.185. The highest BCUT2D eigenvalue weighted by atomic mass is 35.5. The van der Waals surface area contributed by atoms with Crippen molar-refractivity contribution in [2.45, 2.75) is 31.8 Å². The molecular weight excluding hydrogens is 328 g/mol. The Morgan fingerprint density at radius 1 is 1.50 bits per heavy atom. The molecule has 0 aliphatic heterocycles. The van der Waals surface area contributed by atoms with Crippen LogP contribution >= 0.6 is 11.6 Å². The van der Waals surface area contributed by atoms with E-state index in [2.05, 4.69) is 15.7 Å². The van der Waals surface area contributed by atoms with Crippen molar-refractivity contribution in [1.29, 1.82) is 0 Å². The van der Waals surface area contributed by atoms with Crippen LogP contribution in [-0.4, -0.2) is 29.0 Å². The SMILES string of the molecule is COc1c(CNC(=O)N[C@@H]2C[C@@H]2c2cccc(Cl)c2)c(C)nn1C. The lowest BCUT2D eigenvalue weighted by molar-refractivity contribution is 0.239. The number of carbonyl (C=O) groups excluding carboxylic acids is 1. The molecular formula is C17H21ClN4O2. The fourth-order valence-electron chi connectivity index (χ4n) is 2.99. The van der Waals surface area contributed by atoms with Crippen molar-refractivity contribution in [1.82, 2.24) is 20.4 Å². The van der Waals surface area contributed by atoms with Gasteiger partial charge in [-0.3, -0.25) is 0 Å². The van der Waals surface area contributed by atoms with Crippen LogP contribution < -0.4 is 15.4 Å². The Morgan fingerprint density at radius 2 is 2.29 bits per heavy atom. The molecule has 2 amide bonds. The number of rotatable bonds is 5. The minimum Gasteiger partial charge on any atom is -0.481 e. The first-order valence-electron chi connectivity index (χ1n) is 7.86. The van der Waals surface area contributed by atoms with Crippen molar-refractivity contribution in [3.05, 3.63) is 46.1 Å². The van der Waals surface area contributed by atoms with Gasteiger partial charge in [-0.05, 0) is 31.0 Å². The zero-order chi connectivity index (χ0) is 17.3. The number of carbonyl (C=O) groups is 1. The second-order valence-corrected chi connectivity index (χ2v) is 6.46. The van der Waals surface area contributed by atoms with Crippen molar-refractivity contribution in [2.24, 2.45) is 7.05 Å². The van der Waals surface area contributed by atoms with E-state index < -0.39 is 0 Å². The fraction of sp³-hybridized carbons (Fsp3) is 0.412. The maximum absolute atomic E-state index is 12.1. The van der Waals surface area contributed by atoms with Crippen molar-refractivity contribution in [2.75, 3.05) is 7.11 Å². The molecule has 1 fully saturated rings. The lowest BCUT2D eigenvalue weighted by Crippen LogP contribution is -2.37. The second kappa shape index (κ2) is 6.73. The average Bonchev–Trinajstić information content (AvgIpc) is 3.23. The maximum atomic E-state index is 12.1. The molecule has 2 atom stereocenters. The Kier molecular flexibility index (Phi) is 4.66. The number of benzene rings is 1. The number of hydrogen-bond donors (Lipinski definition) is 2. The molecule has 0 saturated heterocycles. The Hall–Kier alpha value is -2.21. The van der Waals surface area contributed by atoms with Gasteiger partial charge in [-0.25, -0.2) is 9.48 Å². The number of amides is 2. The maximum Gasteiger partial charge on any atom is 0.315 e. The quantitative estimate of drug-likeness (QED) is 0.873. The molecule has 0 unspecified atom stereocenters. The van der Waals surface area contributed by atoms with Crippen LogP contribution in [0.25, 0.3) is 0 Å². The van der Waals surface area contributed by atoms with Crippen LogP contribution in [0.3, 0.4) is 0 Å². The normalized spacial score (nSPS) is 19.0. The van der Waals surface area contributed by atoms with Gasteiger partial charge in [0.05, 0.1) is 24.9 Å². The van der Waals surface area contributed by atoms with Crippen molar-refractivity contribution in [3.8, 4) is 5.88 Å². The van der Waals surface area contributed by atoms with E-state index in [1.54, 1.807) is 11.8 Å². The van der Waals surface area contributed by atoms with Gasteiger partial charge in [0, 0.05) is 24.0 Å². The summed E-state index contributed by atoms with van der Waals surface area (Å²) in [6.45, 7) is 2.27. The first-order valence-corrected chi connectivity index (χ1v) is 8.23. The Labute approximate surface area is 146 Å². The van der Waals surface area contributed by atoms with Crippen molar-refractivity contribution < 1.29 is 9.53 Å². The van der Waals surface area contributed by atoms with Crippen LogP contribution in [0, 0.1) is 6.92 Å². The average molecular weight is 349 g/mol. The van der Waals surface area contributed by atoms with Gasteiger partial charge < -0.3 is 15.4 Å².